The van der Waals surface area contributed by atoms with Gasteiger partial charge in [0.05, 0.1) is 17.4 Å². The van der Waals surface area contributed by atoms with Crippen LogP contribution in [0.25, 0.3) is 0 Å². The van der Waals surface area contributed by atoms with Crippen molar-refractivity contribution in [2.24, 2.45) is 5.73 Å². The predicted octanol–water partition coefficient (Wildman–Crippen LogP) is 2.53. The molecule has 0 fully saturated rings. The molecule has 0 aliphatic carbocycles. The fourth-order valence-corrected chi connectivity index (χ4v) is 1.69. The summed E-state index contributed by atoms with van der Waals surface area (Å²) >= 11 is 10.7. The standard InChI is InChI=1S/C12H11ClN4S/c1-17(12-15-6-9(13)7-16-12)10-4-2-3-8(5-10)11(14)18/h2-7H,1H3,(H2,14,18). The lowest BCUT2D eigenvalue weighted by atomic mass is 10.2. The number of thiocarbonyl (C=S) groups is 1. The fraction of sp³-hybridized carbons (Fsp3) is 0.0833. The first-order chi connectivity index (χ1) is 8.58. The molecule has 6 heteroatoms. The fourth-order valence-electron chi connectivity index (χ4n) is 1.46. The number of aromatic nitrogens is 2. The van der Waals surface area contributed by atoms with Crippen LogP contribution in [-0.4, -0.2) is 22.0 Å². The number of hydrogen-bond acceptors (Lipinski definition) is 4. The molecule has 1 aromatic heterocycles. The molecule has 0 unspecified atom stereocenters. The maximum absolute atomic E-state index is 5.75. The highest BCUT2D eigenvalue weighted by atomic mass is 35.5. The summed E-state index contributed by atoms with van der Waals surface area (Å²) in [6.07, 6.45) is 3.11. The third-order valence-corrected chi connectivity index (χ3v) is 2.86. The summed E-state index contributed by atoms with van der Waals surface area (Å²) in [6.45, 7) is 0. The molecule has 0 amide bonds. The molecule has 2 aromatic rings. The molecule has 0 saturated carbocycles. The second kappa shape index (κ2) is 5.29. The van der Waals surface area contributed by atoms with Crippen molar-refractivity contribution in [3.05, 3.63) is 47.2 Å². The van der Waals surface area contributed by atoms with E-state index in [1.165, 1.54) is 0 Å². The second-order valence-electron chi connectivity index (χ2n) is 3.67. The van der Waals surface area contributed by atoms with E-state index in [0.717, 1.165) is 11.3 Å². The van der Waals surface area contributed by atoms with E-state index in [-0.39, 0.29) is 0 Å². The molecule has 4 nitrogen and oxygen atoms in total. The van der Waals surface area contributed by atoms with Crippen LogP contribution < -0.4 is 10.6 Å². The van der Waals surface area contributed by atoms with Crippen LogP contribution in [0, 0.1) is 0 Å². The molecule has 92 valence electrons. The monoisotopic (exact) mass is 278 g/mol. The molecule has 0 aliphatic heterocycles. The first kappa shape index (κ1) is 12.7. The van der Waals surface area contributed by atoms with E-state index in [9.17, 15) is 0 Å². The van der Waals surface area contributed by atoms with E-state index in [0.29, 0.717) is 16.0 Å². The smallest absolute Gasteiger partial charge is 0.229 e. The number of nitrogens with zero attached hydrogens (tertiary/aromatic N) is 3. The zero-order chi connectivity index (χ0) is 13.1. The maximum atomic E-state index is 5.75. The molecule has 2 rings (SSSR count). The Bertz CT molecular complexity index is 571. The van der Waals surface area contributed by atoms with Gasteiger partial charge in [-0.3, -0.25) is 0 Å². The highest BCUT2D eigenvalue weighted by Crippen LogP contribution is 2.21. The Balaban J connectivity index is 2.33. The van der Waals surface area contributed by atoms with Gasteiger partial charge in [0, 0.05) is 18.3 Å². The molecule has 0 aliphatic rings. The lowest BCUT2D eigenvalue weighted by molar-refractivity contribution is 1.04. The van der Waals surface area contributed by atoms with E-state index in [1.807, 2.05) is 36.2 Å². The van der Waals surface area contributed by atoms with Crippen molar-refractivity contribution in [1.82, 2.24) is 9.97 Å². The molecule has 1 aromatic carbocycles. The van der Waals surface area contributed by atoms with Crippen molar-refractivity contribution in [2.45, 2.75) is 0 Å². The lowest BCUT2D eigenvalue weighted by Crippen LogP contribution is -2.15. The average molecular weight is 279 g/mol. The van der Waals surface area contributed by atoms with Crippen LogP contribution in [0.5, 0.6) is 0 Å². The third kappa shape index (κ3) is 2.75. The first-order valence-electron chi connectivity index (χ1n) is 5.19. The van der Waals surface area contributed by atoms with E-state index < -0.39 is 0 Å². The summed E-state index contributed by atoms with van der Waals surface area (Å²) in [4.78, 5) is 10.5. The van der Waals surface area contributed by atoms with Crippen LogP contribution in [-0.2, 0) is 0 Å². The summed E-state index contributed by atoms with van der Waals surface area (Å²) in [5.74, 6) is 0.555. The van der Waals surface area contributed by atoms with Gasteiger partial charge in [-0.15, -0.1) is 0 Å². The van der Waals surface area contributed by atoms with Crippen molar-refractivity contribution in [3.8, 4) is 0 Å². The largest absolute Gasteiger partial charge is 0.389 e. The molecule has 0 radical (unpaired) electrons. The van der Waals surface area contributed by atoms with Gasteiger partial charge >= 0.3 is 0 Å². The number of nitrogens with two attached hydrogens (primary N) is 1. The quantitative estimate of drug-likeness (QED) is 0.875. The third-order valence-electron chi connectivity index (χ3n) is 2.42. The van der Waals surface area contributed by atoms with Gasteiger partial charge in [0.15, 0.2) is 0 Å². The molecule has 0 atom stereocenters. The minimum atomic E-state index is 0.363. The van der Waals surface area contributed by atoms with Gasteiger partial charge in [0.25, 0.3) is 0 Å². The van der Waals surface area contributed by atoms with E-state index >= 15 is 0 Å². The topological polar surface area (TPSA) is 55.0 Å². The number of halogens is 1. The summed E-state index contributed by atoms with van der Waals surface area (Å²) < 4.78 is 0. The number of rotatable bonds is 3. The molecular weight excluding hydrogens is 268 g/mol. The van der Waals surface area contributed by atoms with E-state index in [2.05, 4.69) is 9.97 Å². The van der Waals surface area contributed by atoms with Crippen LogP contribution in [0.2, 0.25) is 5.02 Å². The second-order valence-corrected chi connectivity index (χ2v) is 4.55. The summed E-state index contributed by atoms with van der Waals surface area (Å²) in [5.41, 5.74) is 7.32. The van der Waals surface area contributed by atoms with Crippen LogP contribution in [0.4, 0.5) is 11.6 Å². The highest BCUT2D eigenvalue weighted by molar-refractivity contribution is 7.80. The van der Waals surface area contributed by atoms with Crippen LogP contribution in [0.15, 0.2) is 36.7 Å². The van der Waals surface area contributed by atoms with E-state index in [4.69, 9.17) is 29.6 Å². The number of benzene rings is 1. The summed E-state index contributed by atoms with van der Waals surface area (Å²) in [7, 11) is 1.86. The Morgan fingerprint density at radius 1 is 1.33 bits per heavy atom. The molecule has 2 N–H and O–H groups in total. The Labute approximate surface area is 115 Å². The molecule has 0 spiro atoms. The summed E-state index contributed by atoms with van der Waals surface area (Å²) in [6, 6.07) is 7.57. The molecule has 0 saturated heterocycles. The van der Waals surface area contributed by atoms with Gasteiger partial charge in [0.2, 0.25) is 5.95 Å². The predicted molar refractivity (Wildman–Crippen MR) is 77.4 cm³/mol. The Morgan fingerprint density at radius 3 is 2.61 bits per heavy atom. The zero-order valence-electron chi connectivity index (χ0n) is 9.67. The Morgan fingerprint density at radius 2 is 2.00 bits per heavy atom. The lowest BCUT2D eigenvalue weighted by Gasteiger charge is -2.17. The van der Waals surface area contributed by atoms with Gasteiger partial charge < -0.3 is 10.6 Å². The Kier molecular flexibility index (Phi) is 3.74. The van der Waals surface area contributed by atoms with Crippen molar-refractivity contribution < 1.29 is 0 Å². The van der Waals surface area contributed by atoms with Crippen LogP contribution in [0.3, 0.4) is 0 Å². The molecular formula is C12H11ClN4S. The van der Waals surface area contributed by atoms with Crippen LogP contribution in [0.1, 0.15) is 5.56 Å². The normalized spacial score (nSPS) is 10.1. The van der Waals surface area contributed by atoms with Gasteiger partial charge in [-0.2, -0.15) is 0 Å². The van der Waals surface area contributed by atoms with Crippen molar-refractivity contribution in [1.29, 1.82) is 0 Å². The average Bonchev–Trinajstić information content (AvgIpc) is 2.39. The Hall–Kier alpha value is -1.72. The van der Waals surface area contributed by atoms with E-state index in [1.54, 1.807) is 12.4 Å². The zero-order valence-corrected chi connectivity index (χ0v) is 11.2. The van der Waals surface area contributed by atoms with Gasteiger partial charge in [-0.05, 0) is 12.1 Å². The SMILES string of the molecule is CN(c1cccc(C(N)=S)c1)c1ncc(Cl)cn1. The number of anilines is 2. The molecule has 0 bridgehead atoms. The van der Waals surface area contributed by atoms with Gasteiger partial charge in [-0.25, -0.2) is 9.97 Å². The highest BCUT2D eigenvalue weighted by Gasteiger charge is 2.08. The van der Waals surface area contributed by atoms with Crippen LogP contribution >= 0.6 is 23.8 Å². The van der Waals surface area contributed by atoms with Crippen molar-refractivity contribution >= 4 is 40.4 Å². The number of hydrogen-bond donors (Lipinski definition) is 1. The molecule has 1 heterocycles. The minimum absolute atomic E-state index is 0.363. The maximum Gasteiger partial charge on any atom is 0.229 e. The van der Waals surface area contributed by atoms with Crippen molar-refractivity contribution in [3.63, 3.8) is 0 Å². The van der Waals surface area contributed by atoms with Gasteiger partial charge in [-0.1, -0.05) is 36.0 Å². The minimum Gasteiger partial charge on any atom is -0.389 e. The van der Waals surface area contributed by atoms with Crippen molar-refractivity contribution in [2.75, 3.05) is 11.9 Å². The first-order valence-corrected chi connectivity index (χ1v) is 5.97. The summed E-state index contributed by atoms with van der Waals surface area (Å²) in [5, 5.41) is 0.504. The van der Waals surface area contributed by atoms with Gasteiger partial charge in [0.1, 0.15) is 4.99 Å². The molecule has 18 heavy (non-hydrogen) atoms.